The fourth-order valence-electron chi connectivity index (χ4n) is 1.61. The first-order valence-electron chi connectivity index (χ1n) is 6.09. The number of benzene rings is 1. The van der Waals surface area contributed by atoms with Gasteiger partial charge in [-0.05, 0) is 25.3 Å². The zero-order valence-corrected chi connectivity index (χ0v) is 10.8. The molecule has 1 aromatic carbocycles. The third kappa shape index (κ3) is 4.23. The summed E-state index contributed by atoms with van der Waals surface area (Å²) in [6, 6.07) is 8.28. The molecule has 0 aliphatic carbocycles. The predicted molar refractivity (Wildman–Crippen MR) is 70.6 cm³/mol. The molecule has 19 heavy (non-hydrogen) atoms. The number of nitriles is 1. The van der Waals surface area contributed by atoms with Gasteiger partial charge in [-0.25, -0.2) is 0 Å². The van der Waals surface area contributed by atoms with Gasteiger partial charge >= 0.3 is 5.69 Å². The van der Waals surface area contributed by atoms with Crippen molar-refractivity contribution in [3.05, 3.63) is 34.4 Å². The van der Waals surface area contributed by atoms with Crippen LogP contribution in [-0.4, -0.2) is 17.1 Å². The zero-order chi connectivity index (χ0) is 14.3. The topological polar surface area (TPSA) is 102 Å². The Balaban J connectivity index is 2.51. The van der Waals surface area contributed by atoms with Crippen molar-refractivity contribution in [3.63, 3.8) is 0 Å². The summed E-state index contributed by atoms with van der Waals surface area (Å²) in [7, 11) is 0. The van der Waals surface area contributed by atoms with Gasteiger partial charge in [0, 0.05) is 6.07 Å². The van der Waals surface area contributed by atoms with Gasteiger partial charge in [0.2, 0.25) is 0 Å². The molecule has 1 unspecified atom stereocenters. The van der Waals surface area contributed by atoms with E-state index < -0.39 is 10.5 Å². The summed E-state index contributed by atoms with van der Waals surface area (Å²) in [4.78, 5) is 10.3. The van der Waals surface area contributed by atoms with Gasteiger partial charge in [-0.15, -0.1) is 0 Å². The van der Waals surface area contributed by atoms with Crippen LogP contribution in [-0.2, 0) is 0 Å². The van der Waals surface area contributed by atoms with E-state index in [0.717, 1.165) is 0 Å². The normalized spacial score (nSPS) is 13.3. The minimum absolute atomic E-state index is 0.0581. The molecule has 0 fully saturated rings. The molecule has 1 rings (SSSR count). The van der Waals surface area contributed by atoms with Gasteiger partial charge in [0.05, 0.1) is 17.6 Å². The van der Waals surface area contributed by atoms with Crippen molar-refractivity contribution in [3.8, 4) is 11.8 Å². The van der Waals surface area contributed by atoms with E-state index in [9.17, 15) is 10.1 Å². The van der Waals surface area contributed by atoms with Gasteiger partial charge < -0.3 is 10.5 Å². The highest BCUT2D eigenvalue weighted by molar-refractivity contribution is 5.45. The average Bonchev–Trinajstić information content (AvgIpc) is 2.43. The van der Waals surface area contributed by atoms with Crippen LogP contribution in [0.25, 0.3) is 0 Å². The largest absolute Gasteiger partial charge is 0.487 e. The van der Waals surface area contributed by atoms with Crippen LogP contribution in [0, 0.1) is 21.4 Å². The monoisotopic (exact) mass is 263 g/mol. The Morgan fingerprint density at radius 3 is 2.79 bits per heavy atom. The smallest absolute Gasteiger partial charge is 0.310 e. The summed E-state index contributed by atoms with van der Waals surface area (Å²) in [6.45, 7) is 2.15. The molecular formula is C13H17N3O3. The van der Waals surface area contributed by atoms with Gasteiger partial charge in [0.25, 0.3) is 0 Å². The Hall–Kier alpha value is -2.13. The lowest BCUT2D eigenvalue weighted by Gasteiger charge is -2.18. The summed E-state index contributed by atoms with van der Waals surface area (Å²) in [5.41, 5.74) is 4.93. The van der Waals surface area contributed by atoms with Gasteiger partial charge in [-0.2, -0.15) is 5.26 Å². The fraction of sp³-hybridized carbons (Fsp3) is 0.462. The van der Waals surface area contributed by atoms with Crippen molar-refractivity contribution in [1.29, 1.82) is 5.26 Å². The summed E-state index contributed by atoms with van der Waals surface area (Å²) < 4.78 is 5.38. The summed E-state index contributed by atoms with van der Waals surface area (Å²) in [6.07, 6.45) is 1.64. The Bertz CT molecular complexity index is 484. The molecule has 0 saturated heterocycles. The van der Waals surface area contributed by atoms with Crippen molar-refractivity contribution in [1.82, 2.24) is 0 Å². The molecule has 0 aliphatic rings. The number of nitrogens with two attached hydrogens (primary N) is 1. The van der Waals surface area contributed by atoms with Crippen LogP contribution in [0.1, 0.15) is 26.2 Å². The third-order valence-electron chi connectivity index (χ3n) is 2.94. The molecule has 1 aromatic rings. The maximum absolute atomic E-state index is 10.8. The number of nitrogens with zero attached hydrogens (tertiary/aromatic N) is 2. The predicted octanol–water partition coefficient (Wildman–Crippen LogP) is 2.38. The number of nitro benzene ring substituents is 1. The lowest BCUT2D eigenvalue weighted by atomic mass is 9.94. The molecule has 0 spiro atoms. The van der Waals surface area contributed by atoms with Crippen molar-refractivity contribution in [2.75, 3.05) is 6.61 Å². The lowest BCUT2D eigenvalue weighted by molar-refractivity contribution is -0.385. The molecule has 0 aliphatic heterocycles. The number of para-hydroxylation sites is 2. The second-order valence-electron chi connectivity index (χ2n) is 4.30. The van der Waals surface area contributed by atoms with Crippen LogP contribution >= 0.6 is 0 Å². The van der Waals surface area contributed by atoms with E-state index in [1.54, 1.807) is 18.2 Å². The number of ether oxygens (including phenoxy) is 1. The molecule has 2 N–H and O–H groups in total. The van der Waals surface area contributed by atoms with E-state index in [4.69, 9.17) is 15.7 Å². The van der Waals surface area contributed by atoms with Crippen molar-refractivity contribution < 1.29 is 9.66 Å². The molecule has 0 heterocycles. The Morgan fingerprint density at radius 1 is 1.53 bits per heavy atom. The first-order chi connectivity index (χ1) is 9.02. The molecule has 0 saturated carbocycles. The van der Waals surface area contributed by atoms with Gasteiger partial charge in [-0.1, -0.05) is 19.1 Å². The standard InChI is InChI=1S/C13H17N3O3/c1-2-13(15,10-14)8-5-9-19-12-7-4-3-6-11(12)16(17)18/h3-4,6-7H,2,5,8-9,15H2,1H3. The Kier molecular flexibility index (Phi) is 5.27. The number of nitro groups is 1. The number of hydrogen-bond acceptors (Lipinski definition) is 5. The molecular weight excluding hydrogens is 246 g/mol. The van der Waals surface area contributed by atoms with Crippen molar-refractivity contribution in [2.24, 2.45) is 5.73 Å². The quantitative estimate of drug-likeness (QED) is 0.462. The maximum Gasteiger partial charge on any atom is 0.310 e. The highest BCUT2D eigenvalue weighted by Gasteiger charge is 2.21. The van der Waals surface area contributed by atoms with E-state index in [1.807, 2.05) is 6.92 Å². The minimum atomic E-state index is -0.841. The van der Waals surface area contributed by atoms with E-state index in [1.165, 1.54) is 6.07 Å². The average molecular weight is 263 g/mol. The zero-order valence-electron chi connectivity index (χ0n) is 10.8. The summed E-state index contributed by atoms with van der Waals surface area (Å²) in [5.74, 6) is 0.239. The first-order valence-corrected chi connectivity index (χ1v) is 6.09. The van der Waals surface area contributed by atoms with E-state index in [0.29, 0.717) is 25.9 Å². The second kappa shape index (κ2) is 6.71. The molecule has 0 aromatic heterocycles. The van der Waals surface area contributed by atoms with Crippen LogP contribution in [0.5, 0.6) is 5.75 Å². The Labute approximate surface area is 111 Å². The molecule has 6 nitrogen and oxygen atoms in total. The van der Waals surface area contributed by atoms with Crippen molar-refractivity contribution >= 4 is 5.69 Å². The van der Waals surface area contributed by atoms with Crippen molar-refractivity contribution in [2.45, 2.75) is 31.7 Å². The molecule has 0 radical (unpaired) electrons. The third-order valence-corrected chi connectivity index (χ3v) is 2.94. The Morgan fingerprint density at radius 2 is 2.21 bits per heavy atom. The molecule has 6 heteroatoms. The second-order valence-corrected chi connectivity index (χ2v) is 4.30. The van der Waals surface area contributed by atoms with E-state index >= 15 is 0 Å². The minimum Gasteiger partial charge on any atom is -0.487 e. The molecule has 1 atom stereocenters. The first kappa shape index (κ1) is 14.9. The van der Waals surface area contributed by atoms with Crippen LogP contribution in [0.3, 0.4) is 0 Å². The van der Waals surface area contributed by atoms with Gasteiger partial charge in [0.1, 0.15) is 5.54 Å². The van der Waals surface area contributed by atoms with Gasteiger partial charge in [-0.3, -0.25) is 10.1 Å². The van der Waals surface area contributed by atoms with E-state index in [-0.39, 0.29) is 11.4 Å². The summed E-state index contributed by atoms with van der Waals surface area (Å²) in [5, 5.41) is 19.7. The molecule has 0 bridgehead atoms. The highest BCUT2D eigenvalue weighted by atomic mass is 16.6. The number of hydrogen-bond donors (Lipinski definition) is 1. The lowest BCUT2D eigenvalue weighted by Crippen LogP contribution is -2.37. The maximum atomic E-state index is 10.8. The van der Waals surface area contributed by atoms with E-state index in [2.05, 4.69) is 6.07 Å². The van der Waals surface area contributed by atoms with Crippen LogP contribution in [0.15, 0.2) is 24.3 Å². The molecule has 102 valence electrons. The van der Waals surface area contributed by atoms with Crippen LogP contribution in [0.2, 0.25) is 0 Å². The summed E-state index contributed by atoms with van der Waals surface area (Å²) >= 11 is 0. The SMILES string of the molecule is CCC(N)(C#N)CCCOc1ccccc1[N+](=O)[O-]. The molecule has 0 amide bonds. The van der Waals surface area contributed by atoms with Gasteiger partial charge in [0.15, 0.2) is 5.75 Å². The highest BCUT2D eigenvalue weighted by Crippen LogP contribution is 2.26. The number of rotatable bonds is 7. The fourth-order valence-corrected chi connectivity index (χ4v) is 1.61. The van der Waals surface area contributed by atoms with Crippen LogP contribution < -0.4 is 10.5 Å². The van der Waals surface area contributed by atoms with Crippen LogP contribution in [0.4, 0.5) is 5.69 Å².